The van der Waals surface area contributed by atoms with E-state index in [1.54, 1.807) is 17.5 Å². The third kappa shape index (κ3) is 4.92. The number of thiazole rings is 1. The van der Waals surface area contributed by atoms with Crippen LogP contribution in [0.5, 0.6) is 0 Å². The van der Waals surface area contributed by atoms with Gasteiger partial charge < -0.3 is 10.1 Å². The van der Waals surface area contributed by atoms with Crippen molar-refractivity contribution in [3.8, 4) is 10.6 Å². The molecule has 1 aliphatic rings. The fourth-order valence-electron chi connectivity index (χ4n) is 3.52. The monoisotopic (exact) mass is 425 g/mol. The van der Waals surface area contributed by atoms with E-state index in [4.69, 9.17) is 4.74 Å². The van der Waals surface area contributed by atoms with Crippen LogP contribution in [0.25, 0.3) is 10.6 Å². The van der Waals surface area contributed by atoms with E-state index in [-0.39, 0.29) is 17.8 Å². The molecule has 1 aromatic heterocycles. The van der Waals surface area contributed by atoms with Gasteiger partial charge in [0, 0.05) is 30.6 Å². The second kappa shape index (κ2) is 9.47. The topological polar surface area (TPSA) is 54.5 Å². The van der Waals surface area contributed by atoms with Gasteiger partial charge >= 0.3 is 0 Å². The van der Waals surface area contributed by atoms with Gasteiger partial charge in [0.25, 0.3) is 5.91 Å². The Hall–Kier alpha value is -2.61. The van der Waals surface area contributed by atoms with Gasteiger partial charge in [-0.1, -0.05) is 42.0 Å². The molecule has 7 heteroatoms. The maximum atomic E-state index is 13.4. The zero-order valence-electron chi connectivity index (χ0n) is 16.8. The first-order chi connectivity index (χ1) is 14.6. The van der Waals surface area contributed by atoms with Crippen molar-refractivity contribution in [3.05, 3.63) is 76.5 Å². The molecule has 0 saturated carbocycles. The van der Waals surface area contributed by atoms with E-state index in [0.29, 0.717) is 25.5 Å². The number of hydrogen-bond donors (Lipinski definition) is 1. The van der Waals surface area contributed by atoms with Crippen LogP contribution in [0, 0.1) is 12.7 Å². The molecule has 1 N–H and O–H groups in total. The number of amides is 1. The van der Waals surface area contributed by atoms with Crippen LogP contribution in [0.4, 0.5) is 4.39 Å². The quantitative estimate of drug-likeness (QED) is 0.647. The van der Waals surface area contributed by atoms with E-state index < -0.39 is 0 Å². The zero-order chi connectivity index (χ0) is 20.9. The summed E-state index contributed by atoms with van der Waals surface area (Å²) in [6.07, 6.45) is 0. The summed E-state index contributed by atoms with van der Waals surface area (Å²) in [5.41, 5.74) is 3.57. The Morgan fingerprint density at radius 1 is 1.17 bits per heavy atom. The van der Waals surface area contributed by atoms with E-state index in [2.05, 4.69) is 15.2 Å². The number of benzene rings is 2. The number of hydrogen-bond acceptors (Lipinski definition) is 5. The fraction of sp³-hybridized carbons (Fsp3) is 0.304. The standard InChI is InChI=1S/C23H24FN3O2S/c1-16-2-4-18(5-3-16)23-26-20(15-30-23)22(28)25-14-21(27-10-12-29-13-11-27)17-6-8-19(24)9-7-17/h2-9,15,21H,10-14H2,1H3,(H,25,28)/t21-/m1/s1. The van der Waals surface area contributed by atoms with Crippen molar-refractivity contribution in [3.63, 3.8) is 0 Å². The van der Waals surface area contributed by atoms with Crippen LogP contribution in [0.3, 0.4) is 0 Å². The minimum atomic E-state index is -0.269. The number of halogens is 1. The van der Waals surface area contributed by atoms with Gasteiger partial charge in [0.1, 0.15) is 16.5 Å². The summed E-state index contributed by atoms with van der Waals surface area (Å²) >= 11 is 1.46. The number of carbonyl (C=O) groups excluding carboxylic acids is 1. The van der Waals surface area contributed by atoms with E-state index in [1.807, 2.05) is 31.2 Å². The molecule has 0 spiro atoms. The molecule has 1 saturated heterocycles. The van der Waals surface area contributed by atoms with Crippen LogP contribution in [0.2, 0.25) is 0 Å². The first-order valence-electron chi connectivity index (χ1n) is 9.98. The highest BCUT2D eigenvalue weighted by molar-refractivity contribution is 7.13. The van der Waals surface area contributed by atoms with Crippen LogP contribution >= 0.6 is 11.3 Å². The summed E-state index contributed by atoms with van der Waals surface area (Å²) < 4.78 is 18.8. The summed E-state index contributed by atoms with van der Waals surface area (Å²) in [7, 11) is 0. The third-order valence-corrected chi connectivity index (χ3v) is 6.12. The van der Waals surface area contributed by atoms with Crippen LogP contribution in [0.15, 0.2) is 53.9 Å². The predicted molar refractivity (Wildman–Crippen MR) is 116 cm³/mol. The van der Waals surface area contributed by atoms with Crippen LogP contribution in [0.1, 0.15) is 27.7 Å². The van der Waals surface area contributed by atoms with Crippen molar-refractivity contribution in [2.75, 3.05) is 32.8 Å². The maximum absolute atomic E-state index is 13.4. The van der Waals surface area contributed by atoms with Crippen molar-refractivity contribution in [2.24, 2.45) is 0 Å². The minimum Gasteiger partial charge on any atom is -0.379 e. The molecule has 2 aromatic carbocycles. The molecule has 1 atom stereocenters. The average Bonchev–Trinajstić information content (AvgIpc) is 3.27. The number of aromatic nitrogens is 1. The Morgan fingerprint density at radius 2 is 1.87 bits per heavy atom. The molecule has 30 heavy (non-hydrogen) atoms. The van der Waals surface area contributed by atoms with Gasteiger partial charge in [0.05, 0.1) is 19.3 Å². The Balaban J connectivity index is 1.45. The molecule has 0 unspecified atom stereocenters. The molecule has 1 amide bonds. The van der Waals surface area contributed by atoms with Crippen LogP contribution in [-0.2, 0) is 4.74 Å². The Labute approximate surface area is 179 Å². The summed E-state index contributed by atoms with van der Waals surface area (Å²) in [6.45, 7) is 5.30. The molecule has 1 fully saturated rings. The van der Waals surface area contributed by atoms with Gasteiger partial charge in [0.2, 0.25) is 0 Å². The van der Waals surface area contributed by atoms with Crippen molar-refractivity contribution in [1.29, 1.82) is 0 Å². The predicted octanol–water partition coefficient (Wildman–Crippen LogP) is 4.06. The lowest BCUT2D eigenvalue weighted by Crippen LogP contribution is -2.43. The number of rotatable bonds is 6. The highest BCUT2D eigenvalue weighted by atomic mass is 32.1. The van der Waals surface area contributed by atoms with Gasteiger partial charge in [-0.3, -0.25) is 9.69 Å². The van der Waals surface area contributed by atoms with Crippen molar-refractivity contribution < 1.29 is 13.9 Å². The molecule has 2 heterocycles. The third-order valence-electron chi connectivity index (χ3n) is 5.23. The maximum Gasteiger partial charge on any atom is 0.270 e. The normalized spacial score (nSPS) is 15.7. The van der Waals surface area contributed by atoms with Crippen molar-refractivity contribution in [1.82, 2.24) is 15.2 Å². The van der Waals surface area contributed by atoms with Gasteiger partial charge in [0.15, 0.2) is 0 Å². The highest BCUT2D eigenvalue weighted by Gasteiger charge is 2.24. The first kappa shape index (κ1) is 20.7. The molecular weight excluding hydrogens is 401 g/mol. The molecule has 156 valence electrons. The Morgan fingerprint density at radius 3 is 2.57 bits per heavy atom. The van der Waals surface area contributed by atoms with E-state index >= 15 is 0 Å². The first-order valence-corrected chi connectivity index (χ1v) is 10.9. The average molecular weight is 426 g/mol. The highest BCUT2D eigenvalue weighted by Crippen LogP contribution is 2.25. The molecule has 0 radical (unpaired) electrons. The van der Waals surface area contributed by atoms with Crippen molar-refractivity contribution >= 4 is 17.2 Å². The van der Waals surface area contributed by atoms with Gasteiger partial charge in [-0.05, 0) is 24.6 Å². The number of ether oxygens (including phenoxy) is 1. The smallest absolute Gasteiger partial charge is 0.270 e. The summed E-state index contributed by atoms with van der Waals surface area (Å²) in [5, 5.41) is 5.62. The lowest BCUT2D eigenvalue weighted by atomic mass is 10.0. The molecule has 3 aromatic rings. The van der Waals surface area contributed by atoms with E-state index in [1.165, 1.54) is 29.0 Å². The van der Waals surface area contributed by atoms with E-state index in [9.17, 15) is 9.18 Å². The molecule has 0 bridgehead atoms. The molecular formula is C23H24FN3O2S. The van der Waals surface area contributed by atoms with Gasteiger partial charge in [-0.15, -0.1) is 11.3 Å². The van der Waals surface area contributed by atoms with Crippen LogP contribution < -0.4 is 5.32 Å². The molecule has 0 aliphatic carbocycles. The minimum absolute atomic E-state index is 0.0475. The number of nitrogens with zero attached hydrogens (tertiary/aromatic N) is 2. The number of nitrogens with one attached hydrogen (secondary N) is 1. The molecule has 5 nitrogen and oxygen atoms in total. The fourth-order valence-corrected chi connectivity index (χ4v) is 4.32. The number of carbonyl (C=O) groups is 1. The lowest BCUT2D eigenvalue weighted by Gasteiger charge is -2.34. The molecule has 1 aliphatic heterocycles. The van der Waals surface area contributed by atoms with Gasteiger partial charge in [-0.2, -0.15) is 0 Å². The summed E-state index contributed by atoms with van der Waals surface area (Å²) in [5.74, 6) is -0.473. The zero-order valence-corrected chi connectivity index (χ0v) is 17.6. The second-order valence-electron chi connectivity index (χ2n) is 7.33. The largest absolute Gasteiger partial charge is 0.379 e. The van der Waals surface area contributed by atoms with Crippen LogP contribution in [-0.4, -0.2) is 48.6 Å². The lowest BCUT2D eigenvalue weighted by molar-refractivity contribution is 0.0162. The van der Waals surface area contributed by atoms with Crippen molar-refractivity contribution in [2.45, 2.75) is 13.0 Å². The molecule has 4 rings (SSSR count). The second-order valence-corrected chi connectivity index (χ2v) is 8.19. The summed E-state index contributed by atoms with van der Waals surface area (Å²) in [4.78, 5) is 19.5. The summed E-state index contributed by atoms with van der Waals surface area (Å²) in [6, 6.07) is 14.5. The van der Waals surface area contributed by atoms with Gasteiger partial charge in [-0.25, -0.2) is 9.37 Å². The number of morpholine rings is 1. The Kier molecular flexibility index (Phi) is 6.52. The van der Waals surface area contributed by atoms with E-state index in [0.717, 1.165) is 29.2 Å². The number of aryl methyl sites for hydroxylation is 1. The Bertz CT molecular complexity index is 982. The SMILES string of the molecule is Cc1ccc(-c2nc(C(=O)NC[C@H](c3ccc(F)cc3)N3CCOCC3)cs2)cc1.